The van der Waals surface area contributed by atoms with Crippen LogP contribution in [0.15, 0.2) is 24.3 Å². The predicted molar refractivity (Wildman–Crippen MR) is 81.0 cm³/mol. The summed E-state index contributed by atoms with van der Waals surface area (Å²) < 4.78 is 11.1. The van der Waals surface area contributed by atoms with E-state index in [1.807, 2.05) is 19.1 Å². The highest BCUT2D eigenvalue weighted by Crippen LogP contribution is 2.18. The van der Waals surface area contributed by atoms with Gasteiger partial charge in [-0.3, -0.25) is 4.90 Å². The van der Waals surface area contributed by atoms with Gasteiger partial charge in [-0.05, 0) is 38.0 Å². The summed E-state index contributed by atoms with van der Waals surface area (Å²) in [5.74, 6) is 0.903. The summed E-state index contributed by atoms with van der Waals surface area (Å²) in [5, 5.41) is 0. The average molecular weight is 278 g/mol. The van der Waals surface area contributed by atoms with Crippen LogP contribution in [0.2, 0.25) is 0 Å². The van der Waals surface area contributed by atoms with Crippen molar-refractivity contribution in [3.63, 3.8) is 0 Å². The van der Waals surface area contributed by atoms with Crippen LogP contribution in [0, 0.1) is 0 Å². The van der Waals surface area contributed by atoms with Crippen molar-refractivity contribution in [1.82, 2.24) is 4.90 Å². The molecule has 2 unspecified atom stereocenters. The molecular weight excluding hydrogens is 252 g/mol. The smallest absolute Gasteiger partial charge is 0.119 e. The number of nitrogens with zero attached hydrogens (tertiary/aromatic N) is 1. The van der Waals surface area contributed by atoms with Crippen molar-refractivity contribution in [2.24, 2.45) is 5.73 Å². The van der Waals surface area contributed by atoms with Gasteiger partial charge in [0.25, 0.3) is 0 Å². The maximum atomic E-state index is 6.32. The lowest BCUT2D eigenvalue weighted by molar-refractivity contribution is 0.0670. The molecule has 112 valence electrons. The van der Waals surface area contributed by atoms with Gasteiger partial charge in [-0.15, -0.1) is 0 Å². The standard InChI is InChI=1S/C16H26N2O2/c1-3-19-15-7-5-14(6-8-15)16(17)12-18-9-4-10-20-13(2)11-18/h5-8,13,16H,3-4,9-12,17H2,1-2H3. The molecule has 4 nitrogen and oxygen atoms in total. The normalized spacial score (nSPS) is 22.2. The van der Waals surface area contributed by atoms with Gasteiger partial charge in [0.15, 0.2) is 0 Å². The average Bonchev–Trinajstić information content (AvgIpc) is 2.64. The molecule has 1 aliphatic heterocycles. The molecule has 1 fully saturated rings. The van der Waals surface area contributed by atoms with Gasteiger partial charge in [0.05, 0.1) is 12.7 Å². The van der Waals surface area contributed by atoms with E-state index in [4.69, 9.17) is 15.2 Å². The highest BCUT2D eigenvalue weighted by atomic mass is 16.5. The molecule has 2 atom stereocenters. The predicted octanol–water partition coefficient (Wildman–Crippen LogP) is 2.20. The van der Waals surface area contributed by atoms with Gasteiger partial charge in [0, 0.05) is 32.3 Å². The minimum absolute atomic E-state index is 0.0379. The van der Waals surface area contributed by atoms with Crippen LogP contribution in [-0.4, -0.2) is 43.9 Å². The third-order valence-electron chi connectivity index (χ3n) is 3.61. The molecule has 0 saturated carbocycles. The van der Waals surface area contributed by atoms with Crippen molar-refractivity contribution in [1.29, 1.82) is 0 Å². The Morgan fingerprint density at radius 1 is 1.40 bits per heavy atom. The van der Waals surface area contributed by atoms with E-state index in [0.717, 1.165) is 44.0 Å². The maximum absolute atomic E-state index is 6.32. The van der Waals surface area contributed by atoms with E-state index < -0.39 is 0 Å². The highest BCUT2D eigenvalue weighted by molar-refractivity contribution is 5.29. The Bertz CT molecular complexity index is 394. The van der Waals surface area contributed by atoms with Crippen LogP contribution in [0.5, 0.6) is 5.75 Å². The van der Waals surface area contributed by atoms with Crippen LogP contribution in [0.3, 0.4) is 0 Å². The van der Waals surface area contributed by atoms with E-state index in [-0.39, 0.29) is 6.04 Å². The van der Waals surface area contributed by atoms with Crippen molar-refractivity contribution in [2.45, 2.75) is 32.4 Å². The lowest BCUT2D eigenvalue weighted by Gasteiger charge is -2.25. The zero-order valence-electron chi connectivity index (χ0n) is 12.5. The first-order chi connectivity index (χ1) is 9.69. The van der Waals surface area contributed by atoms with Gasteiger partial charge in [-0.25, -0.2) is 0 Å². The monoisotopic (exact) mass is 278 g/mol. The molecular formula is C16H26N2O2. The largest absolute Gasteiger partial charge is 0.494 e. The topological polar surface area (TPSA) is 47.7 Å². The molecule has 1 aliphatic rings. The Balaban J connectivity index is 1.91. The second-order valence-electron chi connectivity index (χ2n) is 5.40. The number of nitrogens with two attached hydrogens (primary N) is 1. The SMILES string of the molecule is CCOc1ccc(C(N)CN2CCCOC(C)C2)cc1. The molecule has 0 aliphatic carbocycles. The number of hydrogen-bond donors (Lipinski definition) is 1. The highest BCUT2D eigenvalue weighted by Gasteiger charge is 2.18. The Kier molecular flexibility index (Phi) is 5.83. The zero-order valence-corrected chi connectivity index (χ0v) is 12.5. The van der Waals surface area contributed by atoms with Crippen LogP contribution in [0.4, 0.5) is 0 Å². The fourth-order valence-electron chi connectivity index (χ4n) is 2.61. The third kappa shape index (κ3) is 4.47. The van der Waals surface area contributed by atoms with E-state index in [9.17, 15) is 0 Å². The van der Waals surface area contributed by atoms with Gasteiger partial charge in [-0.1, -0.05) is 12.1 Å². The third-order valence-corrected chi connectivity index (χ3v) is 3.61. The molecule has 2 N–H and O–H groups in total. The van der Waals surface area contributed by atoms with Gasteiger partial charge in [0.2, 0.25) is 0 Å². The summed E-state index contributed by atoms with van der Waals surface area (Å²) in [5.41, 5.74) is 7.48. The minimum Gasteiger partial charge on any atom is -0.494 e. The molecule has 2 rings (SSSR count). The zero-order chi connectivity index (χ0) is 14.4. The van der Waals surface area contributed by atoms with E-state index in [2.05, 4.69) is 24.0 Å². The molecule has 0 amide bonds. The first-order valence-electron chi connectivity index (χ1n) is 7.51. The van der Waals surface area contributed by atoms with Gasteiger partial charge in [-0.2, -0.15) is 0 Å². The molecule has 0 aromatic heterocycles. The Labute approximate surface area is 121 Å². The van der Waals surface area contributed by atoms with Gasteiger partial charge >= 0.3 is 0 Å². The fourth-order valence-corrected chi connectivity index (χ4v) is 2.61. The lowest BCUT2D eigenvalue weighted by Crippen LogP contribution is -2.36. The molecule has 1 saturated heterocycles. The Morgan fingerprint density at radius 3 is 2.85 bits per heavy atom. The fraction of sp³-hybridized carbons (Fsp3) is 0.625. The first kappa shape index (κ1) is 15.3. The maximum Gasteiger partial charge on any atom is 0.119 e. The summed E-state index contributed by atoms with van der Waals surface area (Å²) in [7, 11) is 0. The van der Waals surface area contributed by atoms with E-state index in [0.29, 0.717) is 12.7 Å². The number of ether oxygens (including phenoxy) is 2. The van der Waals surface area contributed by atoms with Crippen LogP contribution < -0.4 is 10.5 Å². The van der Waals surface area contributed by atoms with E-state index in [1.165, 1.54) is 0 Å². The van der Waals surface area contributed by atoms with Gasteiger partial charge < -0.3 is 15.2 Å². The molecule has 1 aromatic rings. The second-order valence-corrected chi connectivity index (χ2v) is 5.40. The molecule has 0 bridgehead atoms. The number of rotatable bonds is 5. The number of hydrogen-bond acceptors (Lipinski definition) is 4. The van der Waals surface area contributed by atoms with E-state index in [1.54, 1.807) is 0 Å². The summed E-state index contributed by atoms with van der Waals surface area (Å²) in [6.07, 6.45) is 1.38. The van der Waals surface area contributed by atoms with Crippen LogP contribution in [-0.2, 0) is 4.74 Å². The summed E-state index contributed by atoms with van der Waals surface area (Å²) in [6, 6.07) is 8.15. The molecule has 20 heavy (non-hydrogen) atoms. The first-order valence-corrected chi connectivity index (χ1v) is 7.51. The number of benzene rings is 1. The van der Waals surface area contributed by atoms with Crippen LogP contribution >= 0.6 is 0 Å². The molecule has 0 radical (unpaired) electrons. The van der Waals surface area contributed by atoms with Crippen molar-refractivity contribution < 1.29 is 9.47 Å². The van der Waals surface area contributed by atoms with Crippen molar-refractivity contribution in [2.75, 3.05) is 32.8 Å². The van der Waals surface area contributed by atoms with Crippen LogP contribution in [0.1, 0.15) is 31.9 Å². The summed E-state index contributed by atoms with van der Waals surface area (Å²) >= 11 is 0. The molecule has 1 aromatic carbocycles. The summed E-state index contributed by atoms with van der Waals surface area (Å²) in [4.78, 5) is 2.40. The molecule has 1 heterocycles. The Morgan fingerprint density at radius 2 is 2.15 bits per heavy atom. The second kappa shape index (κ2) is 7.62. The van der Waals surface area contributed by atoms with Gasteiger partial charge in [0.1, 0.15) is 5.75 Å². The van der Waals surface area contributed by atoms with Crippen molar-refractivity contribution in [3.05, 3.63) is 29.8 Å². The molecule has 4 heteroatoms. The quantitative estimate of drug-likeness (QED) is 0.897. The lowest BCUT2D eigenvalue weighted by atomic mass is 10.1. The van der Waals surface area contributed by atoms with E-state index >= 15 is 0 Å². The van der Waals surface area contributed by atoms with Crippen molar-refractivity contribution in [3.8, 4) is 5.75 Å². The van der Waals surface area contributed by atoms with Crippen LogP contribution in [0.25, 0.3) is 0 Å². The minimum atomic E-state index is 0.0379. The summed E-state index contributed by atoms with van der Waals surface area (Å²) in [6.45, 7) is 8.57. The van der Waals surface area contributed by atoms with Crippen molar-refractivity contribution >= 4 is 0 Å². The molecule has 0 spiro atoms. The Hall–Kier alpha value is -1.10.